The smallest absolute Gasteiger partial charge is 0.260 e. The summed E-state index contributed by atoms with van der Waals surface area (Å²) < 4.78 is 45.2. The predicted molar refractivity (Wildman–Crippen MR) is 104 cm³/mol. The van der Waals surface area contributed by atoms with Gasteiger partial charge in [-0.3, -0.25) is 4.79 Å². The molecule has 1 aliphatic rings. The van der Waals surface area contributed by atoms with Crippen molar-refractivity contribution in [2.45, 2.75) is 4.90 Å². The van der Waals surface area contributed by atoms with Crippen LogP contribution in [0.1, 0.15) is 0 Å². The Hall–Kier alpha value is -1.87. The van der Waals surface area contributed by atoms with E-state index in [-0.39, 0.29) is 43.6 Å². The van der Waals surface area contributed by atoms with E-state index in [1.807, 2.05) is 0 Å². The summed E-state index contributed by atoms with van der Waals surface area (Å²) in [6.45, 7) is 0.437. The zero-order valence-electron chi connectivity index (χ0n) is 14.6. The third kappa shape index (κ3) is 4.75. The van der Waals surface area contributed by atoms with Gasteiger partial charge >= 0.3 is 0 Å². The first-order valence-corrected chi connectivity index (χ1v) is 10.6. The normalized spacial score (nSPS) is 15.5. The molecule has 150 valence electrons. The number of carbonyl (C=O) groups is 1. The van der Waals surface area contributed by atoms with Gasteiger partial charge in [0.1, 0.15) is 11.6 Å². The van der Waals surface area contributed by atoms with E-state index in [4.69, 9.17) is 27.9 Å². The number of hydrogen-bond acceptors (Lipinski definition) is 4. The molecular formula is C18H17Cl2FN2O4S. The highest BCUT2D eigenvalue weighted by molar-refractivity contribution is 7.89. The lowest BCUT2D eigenvalue weighted by Crippen LogP contribution is -2.51. The Balaban J connectivity index is 1.56. The Morgan fingerprint density at radius 2 is 1.79 bits per heavy atom. The van der Waals surface area contributed by atoms with Crippen LogP contribution in [-0.2, 0) is 14.8 Å². The van der Waals surface area contributed by atoms with Crippen molar-refractivity contribution in [2.24, 2.45) is 0 Å². The standard InChI is InChI=1S/C18H17Cl2FN2O4S/c19-13-4-5-17(16(20)10-13)27-12-18(24)22-6-8-23(9-7-22)28(25,26)15-3-1-2-14(21)11-15/h1-5,10-11H,6-9,12H2. The van der Waals surface area contributed by atoms with Crippen molar-refractivity contribution in [3.63, 3.8) is 0 Å². The third-order valence-electron chi connectivity index (χ3n) is 4.27. The third-order valence-corrected chi connectivity index (χ3v) is 6.70. The summed E-state index contributed by atoms with van der Waals surface area (Å²) in [5.74, 6) is -0.562. The van der Waals surface area contributed by atoms with E-state index < -0.39 is 15.8 Å². The summed E-state index contributed by atoms with van der Waals surface area (Å²) in [6.07, 6.45) is 0. The van der Waals surface area contributed by atoms with E-state index in [2.05, 4.69) is 0 Å². The van der Waals surface area contributed by atoms with E-state index in [1.54, 1.807) is 12.1 Å². The Bertz CT molecular complexity index is 979. The van der Waals surface area contributed by atoms with E-state index in [9.17, 15) is 17.6 Å². The highest BCUT2D eigenvalue weighted by Crippen LogP contribution is 2.27. The minimum atomic E-state index is -3.80. The van der Waals surface area contributed by atoms with Gasteiger partial charge in [-0.1, -0.05) is 29.3 Å². The second kappa shape index (κ2) is 8.65. The molecule has 0 saturated carbocycles. The quantitative estimate of drug-likeness (QED) is 0.707. The van der Waals surface area contributed by atoms with E-state index in [0.717, 1.165) is 6.07 Å². The lowest BCUT2D eigenvalue weighted by atomic mass is 10.3. The SMILES string of the molecule is O=C(COc1ccc(Cl)cc1Cl)N1CCN(S(=O)(=O)c2cccc(F)c2)CC1. The van der Waals surface area contributed by atoms with Crippen LogP contribution in [0.15, 0.2) is 47.4 Å². The molecule has 1 aliphatic heterocycles. The lowest BCUT2D eigenvalue weighted by Gasteiger charge is -2.34. The molecule has 1 heterocycles. The molecular weight excluding hydrogens is 430 g/mol. The monoisotopic (exact) mass is 446 g/mol. The van der Waals surface area contributed by atoms with Crippen molar-refractivity contribution in [3.05, 3.63) is 58.3 Å². The average Bonchev–Trinajstić information content (AvgIpc) is 2.67. The lowest BCUT2D eigenvalue weighted by molar-refractivity contribution is -0.134. The molecule has 3 rings (SSSR count). The van der Waals surface area contributed by atoms with Gasteiger partial charge in [-0.15, -0.1) is 0 Å². The van der Waals surface area contributed by atoms with Crippen LogP contribution in [0.4, 0.5) is 4.39 Å². The Labute approximate surface area is 172 Å². The predicted octanol–water partition coefficient (Wildman–Crippen LogP) is 3.04. The molecule has 0 aliphatic carbocycles. The van der Waals surface area contributed by atoms with Crippen LogP contribution in [0.3, 0.4) is 0 Å². The first-order chi connectivity index (χ1) is 13.3. The molecule has 28 heavy (non-hydrogen) atoms. The van der Waals surface area contributed by atoms with Crippen LogP contribution in [-0.4, -0.2) is 56.3 Å². The van der Waals surface area contributed by atoms with E-state index >= 15 is 0 Å². The van der Waals surface area contributed by atoms with E-state index in [1.165, 1.54) is 33.5 Å². The maximum atomic E-state index is 13.3. The van der Waals surface area contributed by atoms with Gasteiger partial charge in [0, 0.05) is 31.2 Å². The van der Waals surface area contributed by atoms with Crippen molar-refractivity contribution in [2.75, 3.05) is 32.8 Å². The molecule has 1 amide bonds. The number of amides is 1. The molecule has 1 fully saturated rings. The molecule has 1 saturated heterocycles. The maximum absolute atomic E-state index is 13.3. The summed E-state index contributed by atoms with van der Waals surface area (Å²) in [4.78, 5) is 13.7. The molecule has 0 N–H and O–H groups in total. The number of ether oxygens (including phenoxy) is 1. The topological polar surface area (TPSA) is 66.9 Å². The van der Waals surface area contributed by atoms with Crippen molar-refractivity contribution in [3.8, 4) is 5.75 Å². The summed E-state index contributed by atoms with van der Waals surface area (Å²) >= 11 is 11.8. The highest BCUT2D eigenvalue weighted by atomic mass is 35.5. The average molecular weight is 447 g/mol. The number of benzene rings is 2. The van der Waals surface area contributed by atoms with Crippen molar-refractivity contribution in [1.29, 1.82) is 0 Å². The number of rotatable bonds is 5. The fraction of sp³-hybridized carbons (Fsp3) is 0.278. The van der Waals surface area contributed by atoms with Crippen LogP contribution < -0.4 is 4.74 Å². The van der Waals surface area contributed by atoms with E-state index in [0.29, 0.717) is 15.8 Å². The number of halogens is 3. The summed E-state index contributed by atoms with van der Waals surface area (Å²) in [5.41, 5.74) is 0. The van der Waals surface area contributed by atoms with Crippen LogP contribution in [0.25, 0.3) is 0 Å². The summed E-state index contributed by atoms with van der Waals surface area (Å²) in [5, 5.41) is 0.755. The minimum absolute atomic E-state index is 0.104. The number of nitrogens with zero attached hydrogens (tertiary/aromatic N) is 2. The molecule has 2 aromatic carbocycles. The van der Waals surface area contributed by atoms with Gasteiger partial charge in [-0.25, -0.2) is 12.8 Å². The van der Waals surface area contributed by atoms with Crippen molar-refractivity contribution in [1.82, 2.24) is 9.21 Å². The van der Waals surface area contributed by atoms with Gasteiger partial charge in [0.05, 0.1) is 9.92 Å². The number of sulfonamides is 1. The Kier molecular flexibility index (Phi) is 6.44. The Morgan fingerprint density at radius 1 is 1.07 bits per heavy atom. The van der Waals surface area contributed by atoms with Gasteiger partial charge in [-0.2, -0.15) is 4.31 Å². The van der Waals surface area contributed by atoms with Gasteiger partial charge < -0.3 is 9.64 Å². The van der Waals surface area contributed by atoms with Crippen molar-refractivity contribution >= 4 is 39.1 Å². The number of hydrogen-bond donors (Lipinski definition) is 0. The van der Waals surface area contributed by atoms with Gasteiger partial charge in [0.15, 0.2) is 6.61 Å². The largest absolute Gasteiger partial charge is 0.482 e. The molecule has 0 unspecified atom stereocenters. The van der Waals surface area contributed by atoms with Crippen LogP contribution in [0.5, 0.6) is 5.75 Å². The van der Waals surface area contributed by atoms with Crippen LogP contribution in [0.2, 0.25) is 10.0 Å². The second-order valence-electron chi connectivity index (χ2n) is 6.11. The fourth-order valence-electron chi connectivity index (χ4n) is 2.78. The molecule has 2 aromatic rings. The molecule has 0 aromatic heterocycles. The minimum Gasteiger partial charge on any atom is -0.482 e. The van der Waals surface area contributed by atoms with Gasteiger partial charge in [0.25, 0.3) is 5.91 Å². The number of carbonyl (C=O) groups excluding carboxylic acids is 1. The first kappa shape index (κ1) is 20.9. The highest BCUT2D eigenvalue weighted by Gasteiger charge is 2.30. The zero-order chi connectivity index (χ0) is 20.3. The van der Waals surface area contributed by atoms with Gasteiger partial charge in [0.2, 0.25) is 10.0 Å². The molecule has 10 heteroatoms. The maximum Gasteiger partial charge on any atom is 0.260 e. The molecule has 6 nitrogen and oxygen atoms in total. The summed E-state index contributed by atoms with van der Waals surface area (Å²) in [7, 11) is -3.80. The van der Waals surface area contributed by atoms with Crippen LogP contribution in [0, 0.1) is 5.82 Å². The molecule has 0 radical (unpaired) electrons. The molecule has 0 bridgehead atoms. The zero-order valence-corrected chi connectivity index (χ0v) is 17.0. The first-order valence-electron chi connectivity index (χ1n) is 8.39. The molecule has 0 atom stereocenters. The van der Waals surface area contributed by atoms with Crippen molar-refractivity contribution < 1.29 is 22.3 Å². The summed E-state index contributed by atoms with van der Waals surface area (Å²) in [6, 6.07) is 9.55. The molecule has 0 spiro atoms. The number of piperazine rings is 1. The van der Waals surface area contributed by atoms with Crippen LogP contribution >= 0.6 is 23.2 Å². The van der Waals surface area contributed by atoms with Gasteiger partial charge in [-0.05, 0) is 36.4 Å². The fourth-order valence-corrected chi connectivity index (χ4v) is 4.69. The Morgan fingerprint density at radius 3 is 2.43 bits per heavy atom. The second-order valence-corrected chi connectivity index (χ2v) is 8.89.